The van der Waals surface area contributed by atoms with Crippen molar-refractivity contribution in [3.05, 3.63) is 0 Å². The van der Waals surface area contributed by atoms with E-state index in [0.29, 0.717) is 18.6 Å². The minimum Gasteiger partial charge on any atom is -0.352 e. The second-order valence-electron chi connectivity index (χ2n) is 5.75. The predicted octanol–water partition coefficient (Wildman–Crippen LogP) is 1.76. The summed E-state index contributed by atoms with van der Waals surface area (Å²) in [5, 5.41) is 6.64. The molecule has 0 aromatic rings. The number of amides is 1. The van der Waals surface area contributed by atoms with E-state index in [0.717, 1.165) is 32.4 Å². The lowest BCUT2D eigenvalue weighted by atomic mass is 10.0. The highest BCUT2D eigenvalue weighted by atomic mass is 16.2. The van der Waals surface area contributed by atoms with E-state index in [9.17, 15) is 4.79 Å². The van der Waals surface area contributed by atoms with Gasteiger partial charge in [-0.3, -0.25) is 9.69 Å². The number of nitrogens with zero attached hydrogens (tertiary/aromatic N) is 1. The van der Waals surface area contributed by atoms with E-state index in [4.69, 9.17) is 0 Å². The fourth-order valence-corrected chi connectivity index (χ4v) is 2.64. The third-order valence-corrected chi connectivity index (χ3v) is 4.04. The van der Waals surface area contributed by atoms with Gasteiger partial charge in [-0.05, 0) is 52.2 Å². The highest BCUT2D eigenvalue weighted by Crippen LogP contribution is 2.10. The number of hydrogen-bond donors (Lipinski definition) is 2. The molecular weight excluding hydrogens is 238 g/mol. The van der Waals surface area contributed by atoms with Gasteiger partial charge < -0.3 is 10.6 Å². The van der Waals surface area contributed by atoms with E-state index in [-0.39, 0.29) is 5.91 Å². The topological polar surface area (TPSA) is 44.4 Å². The normalized spacial score (nSPS) is 19.9. The van der Waals surface area contributed by atoms with Crippen LogP contribution in [0.5, 0.6) is 0 Å². The fraction of sp³-hybridized carbons (Fsp3) is 0.933. The lowest BCUT2D eigenvalue weighted by molar-refractivity contribution is -0.122. The van der Waals surface area contributed by atoms with Crippen molar-refractivity contribution in [3.63, 3.8) is 0 Å². The zero-order chi connectivity index (χ0) is 14.1. The summed E-state index contributed by atoms with van der Waals surface area (Å²) in [5.74, 6) is 0.160. The highest BCUT2D eigenvalue weighted by molar-refractivity contribution is 5.78. The van der Waals surface area contributed by atoms with E-state index < -0.39 is 0 Å². The first kappa shape index (κ1) is 16.4. The largest absolute Gasteiger partial charge is 0.352 e. The average molecular weight is 269 g/mol. The first-order valence-corrected chi connectivity index (χ1v) is 7.87. The first-order valence-electron chi connectivity index (χ1n) is 7.87. The van der Waals surface area contributed by atoms with Crippen LogP contribution in [0.25, 0.3) is 0 Å². The molecule has 0 radical (unpaired) electrons. The van der Waals surface area contributed by atoms with Crippen LogP contribution in [-0.4, -0.2) is 49.6 Å². The van der Waals surface area contributed by atoms with Gasteiger partial charge in [-0.1, -0.05) is 20.3 Å². The van der Waals surface area contributed by atoms with Crippen molar-refractivity contribution in [2.45, 2.75) is 64.5 Å². The summed E-state index contributed by atoms with van der Waals surface area (Å²) in [7, 11) is 2.04. The monoisotopic (exact) mass is 269 g/mol. The fourth-order valence-electron chi connectivity index (χ4n) is 2.64. The summed E-state index contributed by atoms with van der Waals surface area (Å²) in [6, 6.07) is 0.985. The molecular formula is C15H31N3O. The van der Waals surface area contributed by atoms with Crippen molar-refractivity contribution >= 4 is 5.91 Å². The molecule has 0 bridgehead atoms. The Labute approximate surface area is 118 Å². The Balaban J connectivity index is 2.15. The smallest absolute Gasteiger partial charge is 0.234 e. The van der Waals surface area contributed by atoms with Crippen molar-refractivity contribution in [3.8, 4) is 0 Å². The molecule has 4 heteroatoms. The SMILES string of the molecule is CCC(CC)NC(=O)CN(C)CCC1CCCCN1. The lowest BCUT2D eigenvalue weighted by Gasteiger charge is -2.26. The van der Waals surface area contributed by atoms with Gasteiger partial charge in [-0.15, -0.1) is 0 Å². The van der Waals surface area contributed by atoms with Gasteiger partial charge in [-0.25, -0.2) is 0 Å². The molecule has 1 saturated heterocycles. The summed E-state index contributed by atoms with van der Waals surface area (Å²) >= 11 is 0. The maximum absolute atomic E-state index is 11.9. The van der Waals surface area contributed by atoms with Crippen LogP contribution in [-0.2, 0) is 4.79 Å². The summed E-state index contributed by atoms with van der Waals surface area (Å²) in [6.45, 7) is 6.90. The number of rotatable bonds is 8. The molecule has 4 nitrogen and oxygen atoms in total. The summed E-state index contributed by atoms with van der Waals surface area (Å²) in [5.41, 5.74) is 0. The zero-order valence-electron chi connectivity index (χ0n) is 12.9. The lowest BCUT2D eigenvalue weighted by Crippen LogP contribution is -2.42. The number of carbonyl (C=O) groups excluding carboxylic acids is 1. The van der Waals surface area contributed by atoms with Crippen molar-refractivity contribution in [2.24, 2.45) is 0 Å². The maximum Gasteiger partial charge on any atom is 0.234 e. The second-order valence-corrected chi connectivity index (χ2v) is 5.75. The quantitative estimate of drug-likeness (QED) is 0.706. The molecule has 0 aromatic heterocycles. The Hall–Kier alpha value is -0.610. The number of piperidine rings is 1. The van der Waals surface area contributed by atoms with Crippen LogP contribution in [0.4, 0.5) is 0 Å². The van der Waals surface area contributed by atoms with Gasteiger partial charge in [0.15, 0.2) is 0 Å². The number of carbonyl (C=O) groups is 1. The molecule has 1 heterocycles. The van der Waals surface area contributed by atoms with Gasteiger partial charge in [0.2, 0.25) is 5.91 Å². The van der Waals surface area contributed by atoms with Crippen molar-refractivity contribution in [1.82, 2.24) is 15.5 Å². The van der Waals surface area contributed by atoms with E-state index in [1.807, 2.05) is 7.05 Å². The zero-order valence-corrected chi connectivity index (χ0v) is 12.9. The molecule has 0 aliphatic carbocycles. The van der Waals surface area contributed by atoms with Gasteiger partial charge >= 0.3 is 0 Å². The standard InChI is InChI=1S/C15H31N3O/c1-4-13(5-2)17-15(19)12-18(3)11-9-14-8-6-7-10-16-14/h13-14,16H,4-12H2,1-3H3,(H,17,19). The summed E-state index contributed by atoms with van der Waals surface area (Å²) in [4.78, 5) is 14.0. The summed E-state index contributed by atoms with van der Waals surface area (Å²) < 4.78 is 0. The van der Waals surface area contributed by atoms with E-state index in [1.54, 1.807) is 0 Å². The Morgan fingerprint density at radius 1 is 1.37 bits per heavy atom. The molecule has 1 fully saturated rings. The minimum absolute atomic E-state index is 0.160. The molecule has 1 amide bonds. The molecule has 1 unspecified atom stereocenters. The Bertz CT molecular complexity index is 248. The van der Waals surface area contributed by atoms with Crippen LogP contribution < -0.4 is 10.6 Å². The first-order chi connectivity index (χ1) is 9.15. The second kappa shape index (κ2) is 9.32. The van der Waals surface area contributed by atoms with Crippen molar-refractivity contribution in [1.29, 1.82) is 0 Å². The van der Waals surface area contributed by atoms with Crippen molar-refractivity contribution in [2.75, 3.05) is 26.7 Å². The predicted molar refractivity (Wildman–Crippen MR) is 80.3 cm³/mol. The minimum atomic E-state index is 0.160. The third kappa shape index (κ3) is 6.92. The molecule has 112 valence electrons. The van der Waals surface area contributed by atoms with Crippen LogP contribution in [0.2, 0.25) is 0 Å². The van der Waals surface area contributed by atoms with Gasteiger partial charge in [0, 0.05) is 12.1 Å². The van der Waals surface area contributed by atoms with Crippen LogP contribution in [0.15, 0.2) is 0 Å². The number of hydrogen-bond acceptors (Lipinski definition) is 3. The van der Waals surface area contributed by atoms with E-state index >= 15 is 0 Å². The van der Waals surface area contributed by atoms with Crippen LogP contribution in [0, 0.1) is 0 Å². The summed E-state index contributed by atoms with van der Waals surface area (Å²) in [6.07, 6.45) is 7.11. The average Bonchev–Trinajstić information content (AvgIpc) is 2.43. The highest BCUT2D eigenvalue weighted by Gasteiger charge is 2.15. The number of likely N-dealkylation sites (N-methyl/N-ethyl adjacent to an activating group) is 1. The van der Waals surface area contributed by atoms with E-state index in [2.05, 4.69) is 29.4 Å². The molecule has 2 N–H and O–H groups in total. The van der Waals surface area contributed by atoms with Gasteiger partial charge in [0.05, 0.1) is 6.54 Å². The molecule has 1 aliphatic rings. The Morgan fingerprint density at radius 3 is 2.68 bits per heavy atom. The molecule has 0 aromatic carbocycles. The Morgan fingerprint density at radius 2 is 2.11 bits per heavy atom. The van der Waals surface area contributed by atoms with Crippen molar-refractivity contribution < 1.29 is 4.79 Å². The van der Waals surface area contributed by atoms with Crippen LogP contribution in [0.1, 0.15) is 52.4 Å². The van der Waals surface area contributed by atoms with E-state index in [1.165, 1.54) is 19.3 Å². The molecule has 19 heavy (non-hydrogen) atoms. The molecule has 1 rings (SSSR count). The third-order valence-electron chi connectivity index (χ3n) is 4.04. The molecule has 0 spiro atoms. The molecule has 0 saturated carbocycles. The molecule has 1 aliphatic heterocycles. The van der Waals surface area contributed by atoms with Gasteiger partial charge in [0.1, 0.15) is 0 Å². The Kier molecular flexibility index (Phi) is 8.07. The maximum atomic E-state index is 11.9. The van der Waals surface area contributed by atoms with Gasteiger partial charge in [0.25, 0.3) is 0 Å². The van der Waals surface area contributed by atoms with Crippen LogP contribution >= 0.6 is 0 Å². The van der Waals surface area contributed by atoms with Crippen LogP contribution in [0.3, 0.4) is 0 Å². The van der Waals surface area contributed by atoms with Gasteiger partial charge in [-0.2, -0.15) is 0 Å². The molecule has 1 atom stereocenters. The number of nitrogens with one attached hydrogen (secondary N) is 2.